The Hall–Kier alpha value is -2.92. The van der Waals surface area contributed by atoms with Crippen LogP contribution in [-0.4, -0.2) is 58.3 Å². The van der Waals surface area contributed by atoms with Gasteiger partial charge in [-0.3, -0.25) is 4.98 Å². The van der Waals surface area contributed by atoms with Crippen molar-refractivity contribution in [2.24, 2.45) is 0 Å². The fourth-order valence-electron chi connectivity index (χ4n) is 3.55. The van der Waals surface area contributed by atoms with Crippen molar-refractivity contribution in [2.75, 3.05) is 58.7 Å². The number of halogens is 2. The Morgan fingerprint density at radius 2 is 1.73 bits per heavy atom. The van der Waals surface area contributed by atoms with Crippen LogP contribution in [0.5, 0.6) is 11.5 Å². The quantitative estimate of drug-likeness (QED) is 0.423. The van der Waals surface area contributed by atoms with Gasteiger partial charge in [0.15, 0.2) is 0 Å². The molecule has 9 heteroatoms. The van der Waals surface area contributed by atoms with E-state index < -0.39 is 0 Å². The molecule has 0 unspecified atom stereocenters. The molecular formula is C24H27Cl2N5O2. The second-order valence-electron chi connectivity index (χ2n) is 7.87. The van der Waals surface area contributed by atoms with Crippen LogP contribution in [0.15, 0.2) is 30.5 Å². The van der Waals surface area contributed by atoms with Gasteiger partial charge in [0.05, 0.1) is 52.4 Å². The zero-order valence-corrected chi connectivity index (χ0v) is 20.9. The molecule has 0 aliphatic carbocycles. The number of methoxy groups -OCH3 is 2. The van der Waals surface area contributed by atoms with Gasteiger partial charge in [0.25, 0.3) is 0 Å². The maximum atomic E-state index is 9.73. The van der Waals surface area contributed by atoms with E-state index in [0.717, 1.165) is 36.1 Å². The Labute approximate surface area is 204 Å². The molecule has 0 saturated heterocycles. The van der Waals surface area contributed by atoms with Gasteiger partial charge >= 0.3 is 0 Å². The summed E-state index contributed by atoms with van der Waals surface area (Å²) < 4.78 is 11.0. The molecule has 1 heterocycles. The zero-order valence-electron chi connectivity index (χ0n) is 19.4. The summed E-state index contributed by atoms with van der Waals surface area (Å²) in [5, 5.41) is 14.5. The van der Waals surface area contributed by atoms with E-state index in [1.165, 1.54) is 7.11 Å². The van der Waals surface area contributed by atoms with E-state index in [4.69, 9.17) is 32.7 Å². The summed E-state index contributed by atoms with van der Waals surface area (Å²) in [6.45, 7) is 1.85. The number of benzene rings is 2. The SMILES string of the molecule is COc1cc(Nc2c(C#N)cnc3cc(N(C)CCCN(C)C)c(OC)cc23)c(Cl)cc1Cl. The fraction of sp³-hybridized carbons (Fsp3) is 0.333. The van der Waals surface area contributed by atoms with Crippen LogP contribution in [0.25, 0.3) is 10.9 Å². The first-order chi connectivity index (χ1) is 15.8. The predicted molar refractivity (Wildman–Crippen MR) is 136 cm³/mol. The van der Waals surface area contributed by atoms with Gasteiger partial charge in [-0.1, -0.05) is 23.2 Å². The fourth-order valence-corrected chi connectivity index (χ4v) is 4.06. The maximum Gasteiger partial charge on any atom is 0.142 e. The van der Waals surface area contributed by atoms with Crippen molar-refractivity contribution in [1.82, 2.24) is 9.88 Å². The molecular weight excluding hydrogens is 461 g/mol. The summed E-state index contributed by atoms with van der Waals surface area (Å²) in [5.74, 6) is 1.16. The highest BCUT2D eigenvalue weighted by Crippen LogP contribution is 2.40. The number of aromatic nitrogens is 1. The van der Waals surface area contributed by atoms with Crippen LogP contribution in [0.3, 0.4) is 0 Å². The molecule has 7 nitrogen and oxygen atoms in total. The predicted octanol–water partition coefficient (Wildman–Crippen LogP) is 5.56. The van der Waals surface area contributed by atoms with E-state index >= 15 is 0 Å². The number of nitriles is 1. The minimum absolute atomic E-state index is 0.377. The van der Waals surface area contributed by atoms with Crippen LogP contribution in [0.2, 0.25) is 10.0 Å². The van der Waals surface area contributed by atoms with Crippen LogP contribution >= 0.6 is 23.2 Å². The number of anilines is 3. The molecule has 0 bridgehead atoms. The Kier molecular flexibility index (Phi) is 8.09. The minimum atomic E-state index is 0.377. The van der Waals surface area contributed by atoms with E-state index in [2.05, 4.69) is 40.3 Å². The van der Waals surface area contributed by atoms with Gasteiger partial charge in [-0.25, -0.2) is 0 Å². The van der Waals surface area contributed by atoms with E-state index in [9.17, 15) is 5.26 Å². The van der Waals surface area contributed by atoms with Gasteiger partial charge in [-0.2, -0.15) is 5.26 Å². The second-order valence-corrected chi connectivity index (χ2v) is 8.68. The van der Waals surface area contributed by atoms with Gasteiger partial charge < -0.3 is 24.6 Å². The van der Waals surface area contributed by atoms with Gasteiger partial charge in [0, 0.05) is 31.2 Å². The number of pyridine rings is 1. The van der Waals surface area contributed by atoms with Crippen LogP contribution in [-0.2, 0) is 0 Å². The van der Waals surface area contributed by atoms with Gasteiger partial charge in [0.1, 0.15) is 17.6 Å². The molecule has 1 aromatic heterocycles. The molecule has 0 radical (unpaired) electrons. The third-order valence-corrected chi connectivity index (χ3v) is 5.91. The summed E-state index contributed by atoms with van der Waals surface area (Å²) in [5.41, 5.74) is 3.17. The minimum Gasteiger partial charge on any atom is -0.495 e. The van der Waals surface area contributed by atoms with E-state index in [0.29, 0.717) is 38.5 Å². The second kappa shape index (κ2) is 10.8. The molecule has 174 valence electrons. The lowest BCUT2D eigenvalue weighted by Gasteiger charge is -2.23. The summed E-state index contributed by atoms with van der Waals surface area (Å²) in [6, 6.07) is 9.36. The Balaban J connectivity index is 2.08. The van der Waals surface area contributed by atoms with E-state index in [1.807, 2.05) is 19.2 Å². The van der Waals surface area contributed by atoms with Crippen molar-refractivity contribution in [1.29, 1.82) is 5.26 Å². The lowest BCUT2D eigenvalue weighted by molar-refractivity contribution is 0.399. The monoisotopic (exact) mass is 487 g/mol. The summed E-state index contributed by atoms with van der Waals surface area (Å²) in [6.07, 6.45) is 2.56. The molecule has 3 rings (SSSR count). The molecule has 0 fully saturated rings. The van der Waals surface area contributed by atoms with Gasteiger partial charge in [-0.05, 0) is 45.3 Å². The van der Waals surface area contributed by atoms with Crippen molar-refractivity contribution in [3.63, 3.8) is 0 Å². The first kappa shape index (κ1) is 24.7. The van der Waals surface area contributed by atoms with Crippen LogP contribution in [0.1, 0.15) is 12.0 Å². The standard InChI is InChI=1S/C24H27Cl2N5O2/c1-30(2)7-6-8-31(3)21-11-19-16(9-23(21)33-5)24(15(13-27)14-28-19)29-20-12-22(32-4)18(26)10-17(20)25/h9-12,14H,6-8H2,1-5H3,(H,28,29). The number of rotatable bonds is 9. The van der Waals surface area contributed by atoms with Crippen molar-refractivity contribution < 1.29 is 9.47 Å². The summed E-state index contributed by atoms with van der Waals surface area (Å²) in [4.78, 5) is 8.83. The topological polar surface area (TPSA) is 73.7 Å². The van der Waals surface area contributed by atoms with Gasteiger partial charge in [0.2, 0.25) is 0 Å². The van der Waals surface area contributed by atoms with E-state index in [1.54, 1.807) is 25.4 Å². The first-order valence-corrected chi connectivity index (χ1v) is 11.1. The average molecular weight is 488 g/mol. The van der Waals surface area contributed by atoms with Crippen LogP contribution in [0, 0.1) is 11.3 Å². The Morgan fingerprint density at radius 1 is 1.00 bits per heavy atom. The molecule has 0 spiro atoms. The molecule has 0 saturated carbocycles. The molecule has 0 aliphatic rings. The Bertz CT molecular complexity index is 1190. The van der Waals surface area contributed by atoms with Gasteiger partial charge in [-0.15, -0.1) is 0 Å². The van der Waals surface area contributed by atoms with Crippen molar-refractivity contribution in [2.45, 2.75) is 6.42 Å². The third kappa shape index (κ3) is 5.53. The van der Waals surface area contributed by atoms with E-state index in [-0.39, 0.29) is 0 Å². The van der Waals surface area contributed by atoms with Crippen molar-refractivity contribution in [3.8, 4) is 17.6 Å². The summed E-state index contributed by atoms with van der Waals surface area (Å²) in [7, 11) is 9.31. The molecule has 33 heavy (non-hydrogen) atoms. The lowest BCUT2D eigenvalue weighted by atomic mass is 10.1. The smallest absolute Gasteiger partial charge is 0.142 e. The molecule has 0 aliphatic heterocycles. The third-order valence-electron chi connectivity index (χ3n) is 5.30. The highest BCUT2D eigenvalue weighted by molar-refractivity contribution is 6.37. The van der Waals surface area contributed by atoms with Crippen molar-refractivity contribution >= 4 is 51.2 Å². The number of nitrogens with one attached hydrogen (secondary N) is 1. The molecule has 2 aromatic carbocycles. The maximum absolute atomic E-state index is 9.73. The number of hydrogen-bond acceptors (Lipinski definition) is 7. The number of ether oxygens (including phenoxy) is 2. The zero-order chi connectivity index (χ0) is 24.1. The normalized spacial score (nSPS) is 10.9. The number of nitrogens with zero attached hydrogens (tertiary/aromatic N) is 4. The van der Waals surface area contributed by atoms with Crippen LogP contribution in [0.4, 0.5) is 17.1 Å². The number of hydrogen-bond donors (Lipinski definition) is 1. The molecule has 0 atom stereocenters. The largest absolute Gasteiger partial charge is 0.495 e. The van der Waals surface area contributed by atoms with Crippen molar-refractivity contribution in [3.05, 3.63) is 46.1 Å². The lowest BCUT2D eigenvalue weighted by Crippen LogP contribution is -2.23. The summed E-state index contributed by atoms with van der Waals surface area (Å²) >= 11 is 12.6. The Morgan fingerprint density at radius 3 is 2.36 bits per heavy atom. The first-order valence-electron chi connectivity index (χ1n) is 10.4. The molecule has 3 aromatic rings. The number of fused-ring (bicyclic) bond motifs is 1. The van der Waals surface area contributed by atoms with Crippen LogP contribution < -0.4 is 19.7 Å². The average Bonchev–Trinajstić information content (AvgIpc) is 2.79. The molecule has 0 amide bonds. The highest BCUT2D eigenvalue weighted by Gasteiger charge is 2.17. The highest BCUT2D eigenvalue weighted by atomic mass is 35.5. The molecule has 1 N–H and O–H groups in total.